The molecule has 0 heterocycles. The fourth-order valence-electron chi connectivity index (χ4n) is 3.72. The van der Waals surface area contributed by atoms with Crippen molar-refractivity contribution in [3.05, 3.63) is 82.9 Å². The summed E-state index contributed by atoms with van der Waals surface area (Å²) >= 11 is 0. The third-order valence-corrected chi connectivity index (χ3v) is 7.00. The van der Waals surface area contributed by atoms with Gasteiger partial charge in [0.1, 0.15) is 11.5 Å². The summed E-state index contributed by atoms with van der Waals surface area (Å²) in [5, 5.41) is 11.9. The van der Waals surface area contributed by atoms with E-state index in [-0.39, 0.29) is 16.7 Å². The monoisotopic (exact) mass is 469 g/mol. The number of nitrogens with zero attached hydrogens (tertiary/aromatic N) is 1. The number of amides is 1. The Labute approximate surface area is 208 Å². The summed E-state index contributed by atoms with van der Waals surface area (Å²) in [6.07, 6.45) is 1.96. The number of anilines is 2. The third-order valence-electron chi connectivity index (χ3n) is 7.00. The van der Waals surface area contributed by atoms with Gasteiger partial charge in [-0.05, 0) is 77.8 Å². The number of hydrogen-bond donors (Lipinski definition) is 2. The fraction of sp³-hybridized carbons (Fsp3) is 0.333. The molecule has 0 bridgehead atoms. The first kappa shape index (κ1) is 25.8. The highest BCUT2D eigenvalue weighted by molar-refractivity contribution is 6.06. The molecule has 5 heteroatoms. The van der Waals surface area contributed by atoms with Crippen LogP contribution in [0.2, 0.25) is 0 Å². The number of benzene rings is 3. The highest BCUT2D eigenvalue weighted by atomic mass is 16.5. The number of nitrogens with two attached hydrogens (primary N) is 1. The molecule has 5 nitrogen and oxygen atoms in total. The number of carbonyl (C=O) groups excluding carboxylic acids is 1. The van der Waals surface area contributed by atoms with E-state index in [0.717, 1.165) is 24.2 Å². The molecule has 0 aliphatic heterocycles. The topological polar surface area (TPSA) is 88.1 Å². The molecule has 0 saturated carbocycles. The van der Waals surface area contributed by atoms with Crippen LogP contribution in [0.15, 0.2) is 60.7 Å². The van der Waals surface area contributed by atoms with Crippen molar-refractivity contribution >= 4 is 17.3 Å². The highest BCUT2D eigenvalue weighted by Crippen LogP contribution is 2.41. The molecule has 3 aromatic carbocycles. The summed E-state index contributed by atoms with van der Waals surface area (Å²) < 4.78 is 6.42. The lowest BCUT2D eigenvalue weighted by molar-refractivity contribution is 0.102. The fourth-order valence-corrected chi connectivity index (χ4v) is 3.72. The molecule has 0 fully saturated rings. The summed E-state index contributed by atoms with van der Waals surface area (Å²) in [6, 6.07) is 20.2. The van der Waals surface area contributed by atoms with Gasteiger partial charge in [-0.15, -0.1) is 0 Å². The molecule has 3 rings (SSSR count). The van der Waals surface area contributed by atoms with Crippen LogP contribution in [0, 0.1) is 11.3 Å². The predicted octanol–water partition coefficient (Wildman–Crippen LogP) is 7.56. The second-order valence-corrected chi connectivity index (χ2v) is 10.2. The maximum absolute atomic E-state index is 13.2. The average Bonchev–Trinajstić information content (AvgIpc) is 2.85. The minimum Gasteiger partial charge on any atom is -0.456 e. The minimum absolute atomic E-state index is 0.0461. The van der Waals surface area contributed by atoms with E-state index in [1.54, 1.807) is 42.5 Å². The highest BCUT2D eigenvalue weighted by Gasteiger charge is 2.27. The van der Waals surface area contributed by atoms with E-state index in [4.69, 9.17) is 15.7 Å². The Balaban J connectivity index is 2.01. The van der Waals surface area contributed by atoms with Gasteiger partial charge in [-0.3, -0.25) is 4.79 Å². The van der Waals surface area contributed by atoms with Gasteiger partial charge in [0.25, 0.3) is 5.91 Å². The van der Waals surface area contributed by atoms with Gasteiger partial charge in [0.2, 0.25) is 0 Å². The van der Waals surface area contributed by atoms with Gasteiger partial charge < -0.3 is 15.8 Å². The number of nitriles is 1. The number of ether oxygens (including phenoxy) is 1. The largest absolute Gasteiger partial charge is 0.456 e. The third kappa shape index (κ3) is 5.84. The first-order valence-electron chi connectivity index (χ1n) is 12.0. The van der Waals surface area contributed by atoms with Crippen LogP contribution in [0.3, 0.4) is 0 Å². The number of nitrogen functional groups attached to an aromatic ring is 1. The van der Waals surface area contributed by atoms with Crippen molar-refractivity contribution in [1.82, 2.24) is 0 Å². The van der Waals surface area contributed by atoms with E-state index in [9.17, 15) is 4.79 Å². The van der Waals surface area contributed by atoms with Gasteiger partial charge in [0.15, 0.2) is 0 Å². The first-order chi connectivity index (χ1) is 16.5. The van der Waals surface area contributed by atoms with Crippen molar-refractivity contribution in [2.75, 3.05) is 11.1 Å². The van der Waals surface area contributed by atoms with E-state index in [2.05, 4.69) is 65.1 Å². The smallest absolute Gasteiger partial charge is 0.259 e. The zero-order chi connectivity index (χ0) is 25.8. The molecule has 1 amide bonds. The first-order valence-corrected chi connectivity index (χ1v) is 12.0. The SMILES string of the molecule is CCC(C)(C)c1ccc(Oc2ccc(N)cc2C(=O)Nc2ccc(C#N)cc2)c(C(C)(C)CC)c1. The van der Waals surface area contributed by atoms with Crippen molar-refractivity contribution in [2.24, 2.45) is 0 Å². The number of nitrogens with one attached hydrogen (secondary N) is 1. The Morgan fingerprint density at radius 2 is 1.54 bits per heavy atom. The van der Waals surface area contributed by atoms with Crippen LogP contribution in [0.1, 0.15) is 81.4 Å². The van der Waals surface area contributed by atoms with Crippen LogP contribution in [0.4, 0.5) is 11.4 Å². The van der Waals surface area contributed by atoms with Crippen molar-refractivity contribution < 1.29 is 9.53 Å². The van der Waals surface area contributed by atoms with E-state index in [0.29, 0.717) is 28.3 Å². The average molecular weight is 470 g/mol. The molecule has 0 atom stereocenters. The Kier molecular flexibility index (Phi) is 7.55. The predicted molar refractivity (Wildman–Crippen MR) is 143 cm³/mol. The summed E-state index contributed by atoms with van der Waals surface area (Å²) in [5.74, 6) is 0.822. The van der Waals surface area contributed by atoms with Crippen molar-refractivity contribution in [3.8, 4) is 17.6 Å². The van der Waals surface area contributed by atoms with Crippen molar-refractivity contribution in [1.29, 1.82) is 5.26 Å². The quantitative estimate of drug-likeness (QED) is 0.333. The molecule has 0 unspecified atom stereocenters. The molecule has 0 spiro atoms. The Morgan fingerprint density at radius 3 is 2.14 bits per heavy atom. The van der Waals surface area contributed by atoms with Gasteiger partial charge in [-0.25, -0.2) is 0 Å². The van der Waals surface area contributed by atoms with Crippen molar-refractivity contribution in [3.63, 3.8) is 0 Å². The lowest BCUT2D eigenvalue weighted by atomic mass is 9.76. The van der Waals surface area contributed by atoms with Crippen LogP contribution < -0.4 is 15.8 Å². The second-order valence-electron chi connectivity index (χ2n) is 10.2. The summed E-state index contributed by atoms with van der Waals surface area (Å²) in [4.78, 5) is 13.2. The minimum atomic E-state index is -0.336. The zero-order valence-electron chi connectivity index (χ0n) is 21.5. The van der Waals surface area contributed by atoms with Crippen LogP contribution in [-0.4, -0.2) is 5.91 Å². The van der Waals surface area contributed by atoms with E-state index < -0.39 is 0 Å². The molecule has 0 saturated heterocycles. The van der Waals surface area contributed by atoms with Gasteiger partial charge >= 0.3 is 0 Å². The standard InChI is InChI=1S/C30H35N3O2/c1-7-29(3,4)21-11-15-27(25(17-21)30(5,6)8-2)35-26-16-12-22(32)18-24(26)28(34)33-23-13-9-20(19-31)10-14-23/h9-18H,7-8,32H2,1-6H3,(H,33,34). The number of carbonyl (C=O) groups is 1. The summed E-state index contributed by atoms with van der Waals surface area (Å²) in [7, 11) is 0. The molecule has 3 aromatic rings. The van der Waals surface area contributed by atoms with Crippen LogP contribution in [-0.2, 0) is 10.8 Å². The molecule has 3 N–H and O–H groups in total. The Hall–Kier alpha value is -3.78. The Morgan fingerprint density at radius 1 is 0.914 bits per heavy atom. The zero-order valence-corrected chi connectivity index (χ0v) is 21.5. The molecule has 182 valence electrons. The van der Waals surface area contributed by atoms with Gasteiger partial charge in [-0.1, -0.05) is 53.7 Å². The van der Waals surface area contributed by atoms with E-state index >= 15 is 0 Å². The van der Waals surface area contributed by atoms with E-state index in [1.165, 1.54) is 5.56 Å². The molecule has 0 aromatic heterocycles. The van der Waals surface area contributed by atoms with Crippen LogP contribution in [0.5, 0.6) is 11.5 Å². The Bertz CT molecular complexity index is 1250. The molecule has 0 aliphatic carbocycles. The molecule has 35 heavy (non-hydrogen) atoms. The van der Waals surface area contributed by atoms with Gasteiger partial charge in [-0.2, -0.15) is 5.26 Å². The number of hydrogen-bond acceptors (Lipinski definition) is 4. The molecule has 0 aliphatic rings. The van der Waals surface area contributed by atoms with Crippen LogP contribution >= 0.6 is 0 Å². The normalized spacial score (nSPS) is 11.6. The second kappa shape index (κ2) is 10.2. The van der Waals surface area contributed by atoms with Crippen molar-refractivity contribution in [2.45, 2.75) is 65.2 Å². The van der Waals surface area contributed by atoms with E-state index in [1.807, 2.05) is 6.07 Å². The number of rotatable bonds is 8. The lowest BCUT2D eigenvalue weighted by Crippen LogP contribution is -2.21. The molecular weight excluding hydrogens is 434 g/mol. The molecule has 0 radical (unpaired) electrons. The van der Waals surface area contributed by atoms with Gasteiger partial charge in [0, 0.05) is 16.9 Å². The summed E-state index contributed by atoms with van der Waals surface area (Å²) in [6.45, 7) is 13.3. The van der Waals surface area contributed by atoms with Crippen LogP contribution in [0.25, 0.3) is 0 Å². The maximum Gasteiger partial charge on any atom is 0.259 e. The maximum atomic E-state index is 13.2. The summed E-state index contributed by atoms with van der Waals surface area (Å²) in [5.41, 5.74) is 10.2. The molecular formula is C30H35N3O2. The van der Waals surface area contributed by atoms with Gasteiger partial charge in [0.05, 0.1) is 17.2 Å². The lowest BCUT2D eigenvalue weighted by Gasteiger charge is -2.30.